The van der Waals surface area contributed by atoms with Crippen LogP contribution in [0.25, 0.3) is 0 Å². The van der Waals surface area contributed by atoms with Gasteiger partial charge in [0, 0.05) is 6.54 Å². The molecule has 1 N–H and O–H groups in total. The van der Waals surface area contributed by atoms with Crippen molar-refractivity contribution in [1.29, 1.82) is 0 Å². The van der Waals surface area contributed by atoms with Gasteiger partial charge in [-0.2, -0.15) is 0 Å². The molecule has 6 nitrogen and oxygen atoms in total. The summed E-state index contributed by atoms with van der Waals surface area (Å²) in [5, 5.41) is 13.6. The van der Waals surface area contributed by atoms with Crippen LogP contribution in [0.3, 0.4) is 0 Å². The van der Waals surface area contributed by atoms with Gasteiger partial charge >= 0.3 is 0 Å². The van der Waals surface area contributed by atoms with Gasteiger partial charge in [-0.25, -0.2) is 4.98 Å². The average Bonchev–Trinajstić information content (AvgIpc) is 2.35. The van der Waals surface area contributed by atoms with Crippen molar-refractivity contribution in [2.75, 3.05) is 6.54 Å². The van der Waals surface area contributed by atoms with Gasteiger partial charge in [-0.15, -0.1) is 0 Å². The standard InChI is InChI=1S/C12H16ClN3O3/c1-4-12(2,3)7-15-11(17)8-5-10(13)14-6-9(8)16(18)19/h5-6H,4,7H2,1-3H3,(H,15,17). The maximum atomic E-state index is 12.0. The number of carbonyl (C=O) groups is 1. The molecule has 0 spiro atoms. The summed E-state index contributed by atoms with van der Waals surface area (Å²) in [6.45, 7) is 6.44. The maximum absolute atomic E-state index is 12.0. The van der Waals surface area contributed by atoms with Crippen LogP contribution < -0.4 is 5.32 Å². The zero-order valence-electron chi connectivity index (χ0n) is 11.1. The number of rotatable bonds is 5. The molecule has 7 heteroatoms. The van der Waals surface area contributed by atoms with Crippen molar-refractivity contribution in [2.24, 2.45) is 5.41 Å². The van der Waals surface area contributed by atoms with Gasteiger partial charge in [-0.1, -0.05) is 32.4 Å². The van der Waals surface area contributed by atoms with E-state index in [0.29, 0.717) is 6.54 Å². The molecule has 0 saturated carbocycles. The zero-order valence-corrected chi connectivity index (χ0v) is 11.8. The Bertz CT molecular complexity index is 503. The van der Waals surface area contributed by atoms with Gasteiger partial charge in [-0.3, -0.25) is 14.9 Å². The molecule has 0 bridgehead atoms. The SMILES string of the molecule is CCC(C)(C)CNC(=O)c1cc(Cl)ncc1[N+](=O)[O-]. The lowest BCUT2D eigenvalue weighted by molar-refractivity contribution is -0.385. The fourth-order valence-electron chi connectivity index (χ4n) is 1.29. The fourth-order valence-corrected chi connectivity index (χ4v) is 1.45. The quantitative estimate of drug-likeness (QED) is 0.512. The Balaban J connectivity index is 2.93. The van der Waals surface area contributed by atoms with Crippen molar-refractivity contribution in [1.82, 2.24) is 10.3 Å². The van der Waals surface area contributed by atoms with Crippen LogP contribution in [0.4, 0.5) is 5.69 Å². The Hall–Kier alpha value is -1.69. The minimum absolute atomic E-state index is 0.0468. The summed E-state index contributed by atoms with van der Waals surface area (Å²) in [6, 6.07) is 1.20. The van der Waals surface area contributed by atoms with Gasteiger partial charge in [-0.05, 0) is 17.9 Å². The van der Waals surface area contributed by atoms with Crippen molar-refractivity contribution < 1.29 is 9.72 Å². The first-order valence-corrected chi connectivity index (χ1v) is 6.23. The Morgan fingerprint density at radius 1 is 1.58 bits per heavy atom. The molecule has 0 aliphatic carbocycles. The van der Waals surface area contributed by atoms with E-state index in [2.05, 4.69) is 10.3 Å². The van der Waals surface area contributed by atoms with Crippen LogP contribution in [0.5, 0.6) is 0 Å². The van der Waals surface area contributed by atoms with Crippen LogP contribution in [0.1, 0.15) is 37.6 Å². The van der Waals surface area contributed by atoms with Crippen LogP contribution in [0, 0.1) is 15.5 Å². The molecule has 104 valence electrons. The second kappa shape index (κ2) is 5.97. The molecule has 0 fully saturated rings. The smallest absolute Gasteiger partial charge is 0.300 e. The van der Waals surface area contributed by atoms with E-state index in [9.17, 15) is 14.9 Å². The molecule has 0 aliphatic heterocycles. The summed E-state index contributed by atoms with van der Waals surface area (Å²) >= 11 is 5.67. The molecule has 0 aromatic carbocycles. The normalized spacial score (nSPS) is 11.2. The predicted octanol–water partition coefficient (Wildman–Crippen LogP) is 2.81. The lowest BCUT2D eigenvalue weighted by atomic mass is 9.90. The van der Waals surface area contributed by atoms with E-state index in [1.54, 1.807) is 0 Å². The number of nitro groups is 1. The third kappa shape index (κ3) is 4.17. The molecule has 19 heavy (non-hydrogen) atoms. The van der Waals surface area contributed by atoms with Crippen molar-refractivity contribution in [3.63, 3.8) is 0 Å². The van der Waals surface area contributed by atoms with Gasteiger partial charge in [0.1, 0.15) is 16.9 Å². The Morgan fingerprint density at radius 3 is 2.74 bits per heavy atom. The van der Waals surface area contributed by atoms with Gasteiger partial charge in [0.25, 0.3) is 11.6 Å². The van der Waals surface area contributed by atoms with Gasteiger partial charge in [0.15, 0.2) is 0 Å². The Labute approximate surface area is 116 Å². The molecular weight excluding hydrogens is 270 g/mol. The van der Waals surface area contributed by atoms with Crippen LogP contribution >= 0.6 is 11.6 Å². The van der Waals surface area contributed by atoms with Crippen LogP contribution in [0.15, 0.2) is 12.3 Å². The molecule has 1 rings (SSSR count). The fraction of sp³-hybridized carbons (Fsp3) is 0.500. The molecule has 0 atom stereocenters. The average molecular weight is 286 g/mol. The minimum Gasteiger partial charge on any atom is -0.351 e. The van der Waals surface area contributed by atoms with E-state index in [1.165, 1.54) is 6.07 Å². The summed E-state index contributed by atoms with van der Waals surface area (Å²) in [7, 11) is 0. The number of aromatic nitrogens is 1. The van der Waals surface area contributed by atoms with E-state index >= 15 is 0 Å². The van der Waals surface area contributed by atoms with Crippen LogP contribution in [-0.2, 0) is 0 Å². The number of hydrogen-bond donors (Lipinski definition) is 1. The van der Waals surface area contributed by atoms with Crippen molar-refractivity contribution in [3.05, 3.63) is 33.1 Å². The maximum Gasteiger partial charge on any atom is 0.300 e. The van der Waals surface area contributed by atoms with Gasteiger partial charge in [0.2, 0.25) is 0 Å². The number of nitrogens with zero attached hydrogens (tertiary/aromatic N) is 2. The topological polar surface area (TPSA) is 85.1 Å². The van der Waals surface area contributed by atoms with E-state index in [4.69, 9.17) is 11.6 Å². The van der Waals surface area contributed by atoms with Gasteiger partial charge in [0.05, 0.1) is 4.92 Å². The highest BCUT2D eigenvalue weighted by atomic mass is 35.5. The van der Waals surface area contributed by atoms with Crippen molar-refractivity contribution in [2.45, 2.75) is 27.2 Å². The second-order valence-corrected chi connectivity index (χ2v) is 5.37. The lowest BCUT2D eigenvalue weighted by Gasteiger charge is -2.22. The van der Waals surface area contributed by atoms with E-state index < -0.39 is 10.8 Å². The summed E-state index contributed by atoms with van der Waals surface area (Å²) in [5.74, 6) is -0.516. The minimum atomic E-state index is -0.650. The molecule has 0 radical (unpaired) electrons. The summed E-state index contributed by atoms with van der Waals surface area (Å²) in [6.07, 6.45) is 1.87. The number of pyridine rings is 1. The zero-order chi connectivity index (χ0) is 14.6. The lowest BCUT2D eigenvalue weighted by Crippen LogP contribution is -2.33. The molecule has 1 aromatic rings. The van der Waals surface area contributed by atoms with Crippen LogP contribution in [-0.4, -0.2) is 22.4 Å². The third-order valence-electron chi connectivity index (χ3n) is 2.98. The largest absolute Gasteiger partial charge is 0.351 e. The molecule has 0 saturated heterocycles. The first kappa shape index (κ1) is 15.4. The number of halogens is 1. The third-order valence-corrected chi connectivity index (χ3v) is 3.18. The van der Waals surface area contributed by atoms with Crippen molar-refractivity contribution in [3.8, 4) is 0 Å². The molecule has 1 heterocycles. The molecular formula is C12H16ClN3O3. The van der Waals surface area contributed by atoms with Crippen LogP contribution in [0.2, 0.25) is 5.15 Å². The second-order valence-electron chi connectivity index (χ2n) is 4.98. The molecule has 0 aliphatic rings. The highest BCUT2D eigenvalue weighted by Gasteiger charge is 2.23. The van der Waals surface area contributed by atoms with E-state index in [-0.39, 0.29) is 21.8 Å². The first-order chi connectivity index (χ1) is 8.76. The summed E-state index contributed by atoms with van der Waals surface area (Å²) in [4.78, 5) is 25.8. The number of nitrogens with one attached hydrogen (secondary N) is 1. The molecule has 0 unspecified atom stereocenters. The highest BCUT2D eigenvalue weighted by molar-refractivity contribution is 6.29. The van der Waals surface area contributed by atoms with Gasteiger partial charge < -0.3 is 5.32 Å². The number of hydrogen-bond acceptors (Lipinski definition) is 4. The van der Waals surface area contributed by atoms with E-state index in [0.717, 1.165) is 12.6 Å². The number of carbonyl (C=O) groups excluding carboxylic acids is 1. The Kier molecular flexibility index (Phi) is 4.83. The molecule has 1 amide bonds. The Morgan fingerprint density at radius 2 is 2.21 bits per heavy atom. The summed E-state index contributed by atoms with van der Waals surface area (Å²) in [5.41, 5.74) is -0.491. The molecule has 1 aromatic heterocycles. The first-order valence-electron chi connectivity index (χ1n) is 5.85. The monoisotopic (exact) mass is 285 g/mol. The summed E-state index contributed by atoms with van der Waals surface area (Å²) < 4.78 is 0. The number of amides is 1. The predicted molar refractivity (Wildman–Crippen MR) is 72.3 cm³/mol. The van der Waals surface area contributed by atoms with Crippen molar-refractivity contribution >= 4 is 23.2 Å². The highest BCUT2D eigenvalue weighted by Crippen LogP contribution is 2.22. The van der Waals surface area contributed by atoms with E-state index in [1.807, 2.05) is 20.8 Å².